The number of hydrogen-bond donors (Lipinski definition) is 1. The van der Waals surface area contributed by atoms with Crippen LogP contribution in [0.5, 0.6) is 0 Å². The lowest BCUT2D eigenvalue weighted by molar-refractivity contribution is -0.131. The number of likely N-dealkylation sites (tertiary alicyclic amines) is 1. The number of carbonyl (C=O) groups is 1. The normalized spacial score (nSPS) is 35.9. The number of halogens is 1. The van der Waals surface area contributed by atoms with Gasteiger partial charge in [-0.1, -0.05) is 0 Å². The first kappa shape index (κ1) is 12.2. The molecule has 1 aliphatic carbocycles. The van der Waals surface area contributed by atoms with E-state index in [1.807, 2.05) is 4.90 Å². The second-order valence-corrected chi connectivity index (χ2v) is 5.87. The predicted octanol–water partition coefficient (Wildman–Crippen LogP) is 1.59. The molecule has 4 heteroatoms. The minimum Gasteiger partial charge on any atom is -0.341 e. The van der Waals surface area contributed by atoms with Gasteiger partial charge in [0.1, 0.15) is 0 Å². The molecule has 1 spiro atoms. The molecule has 1 heterocycles. The lowest BCUT2D eigenvalue weighted by atomic mass is 9.85. The Labute approximate surface area is 102 Å². The van der Waals surface area contributed by atoms with Gasteiger partial charge in [0.2, 0.25) is 5.91 Å². The lowest BCUT2D eigenvalue weighted by Crippen LogP contribution is -2.41. The van der Waals surface area contributed by atoms with Crippen molar-refractivity contribution in [2.45, 2.75) is 38.6 Å². The molecule has 2 fully saturated rings. The van der Waals surface area contributed by atoms with Crippen molar-refractivity contribution in [1.29, 1.82) is 0 Å². The summed E-state index contributed by atoms with van der Waals surface area (Å²) in [5.74, 6) is 1.53. The molecule has 0 bridgehead atoms. The van der Waals surface area contributed by atoms with Gasteiger partial charge in [-0.2, -0.15) is 0 Å². The number of amides is 1. The second-order valence-electron chi connectivity index (χ2n) is 5.56. The Balaban J connectivity index is 1.95. The van der Waals surface area contributed by atoms with Crippen molar-refractivity contribution in [3.8, 4) is 0 Å². The van der Waals surface area contributed by atoms with E-state index >= 15 is 0 Å². The first-order valence-electron chi connectivity index (χ1n) is 6.17. The van der Waals surface area contributed by atoms with E-state index in [9.17, 15) is 4.79 Å². The van der Waals surface area contributed by atoms with E-state index in [4.69, 9.17) is 17.3 Å². The Bertz CT molecular complexity index is 282. The van der Waals surface area contributed by atoms with Crippen LogP contribution in [-0.2, 0) is 4.79 Å². The van der Waals surface area contributed by atoms with Crippen molar-refractivity contribution < 1.29 is 4.79 Å². The van der Waals surface area contributed by atoms with Gasteiger partial charge in [-0.25, -0.2) is 0 Å². The van der Waals surface area contributed by atoms with Crippen molar-refractivity contribution in [2.24, 2.45) is 17.1 Å². The minimum absolute atomic E-state index is 0.103. The van der Waals surface area contributed by atoms with E-state index in [1.165, 1.54) is 19.3 Å². The summed E-state index contributed by atoms with van der Waals surface area (Å²) in [4.78, 5) is 13.8. The summed E-state index contributed by atoms with van der Waals surface area (Å²) in [6.45, 7) is 3.56. The van der Waals surface area contributed by atoms with Gasteiger partial charge in [0, 0.05) is 19.0 Å². The van der Waals surface area contributed by atoms with E-state index in [-0.39, 0.29) is 11.9 Å². The van der Waals surface area contributed by atoms with Crippen LogP contribution in [0.3, 0.4) is 0 Å². The number of alkyl halides is 1. The van der Waals surface area contributed by atoms with Gasteiger partial charge in [-0.05, 0) is 43.9 Å². The highest BCUT2D eigenvalue weighted by atomic mass is 35.5. The Kier molecular flexibility index (Phi) is 3.45. The van der Waals surface area contributed by atoms with E-state index in [0.29, 0.717) is 11.3 Å². The average Bonchev–Trinajstić information content (AvgIpc) is 2.85. The van der Waals surface area contributed by atoms with E-state index in [0.717, 1.165) is 25.4 Å². The van der Waals surface area contributed by atoms with Crippen LogP contribution in [0.2, 0.25) is 0 Å². The first-order valence-corrected chi connectivity index (χ1v) is 6.70. The number of nitrogens with two attached hydrogens (primary N) is 1. The molecule has 1 aliphatic heterocycles. The molecular weight excluding hydrogens is 224 g/mol. The average molecular weight is 245 g/mol. The molecule has 16 heavy (non-hydrogen) atoms. The summed E-state index contributed by atoms with van der Waals surface area (Å²) in [5.41, 5.74) is 6.01. The molecule has 3 atom stereocenters. The van der Waals surface area contributed by atoms with Gasteiger partial charge in [-0.15, -0.1) is 11.6 Å². The van der Waals surface area contributed by atoms with Crippen LogP contribution in [0, 0.1) is 11.3 Å². The van der Waals surface area contributed by atoms with Crippen LogP contribution < -0.4 is 5.73 Å². The number of hydrogen-bond acceptors (Lipinski definition) is 2. The highest BCUT2D eigenvalue weighted by Gasteiger charge is 2.45. The SMILES string of the molecule is C[C@H](N)C(=O)N1CC[C@@]2(CC[C@@H](CCl)C2)C1. The standard InChI is InChI=1S/C12H21ClN2O/c1-9(14)11(16)15-5-4-12(8-15)3-2-10(6-12)7-13/h9-10H,2-8,14H2,1H3/t9-,10+,12+/m0/s1. The molecular formula is C12H21ClN2O. The van der Waals surface area contributed by atoms with E-state index in [1.54, 1.807) is 6.92 Å². The molecule has 2 N–H and O–H groups in total. The smallest absolute Gasteiger partial charge is 0.239 e. The minimum atomic E-state index is -0.361. The number of nitrogens with zero attached hydrogens (tertiary/aromatic N) is 1. The third-order valence-corrected chi connectivity index (χ3v) is 4.60. The van der Waals surface area contributed by atoms with E-state index < -0.39 is 0 Å². The van der Waals surface area contributed by atoms with Crippen molar-refractivity contribution in [2.75, 3.05) is 19.0 Å². The van der Waals surface area contributed by atoms with Crippen molar-refractivity contribution in [3.63, 3.8) is 0 Å². The molecule has 0 aromatic carbocycles. The second kappa shape index (κ2) is 4.53. The third kappa shape index (κ3) is 2.21. The molecule has 2 rings (SSSR count). The van der Waals surface area contributed by atoms with Crippen LogP contribution in [0.4, 0.5) is 0 Å². The summed E-state index contributed by atoms with van der Waals surface area (Å²) >= 11 is 5.92. The largest absolute Gasteiger partial charge is 0.341 e. The molecule has 3 nitrogen and oxygen atoms in total. The molecule has 0 radical (unpaired) electrons. The Morgan fingerprint density at radius 3 is 2.94 bits per heavy atom. The van der Waals surface area contributed by atoms with Crippen LogP contribution in [0.25, 0.3) is 0 Å². The fourth-order valence-corrected chi connectivity index (χ4v) is 3.50. The van der Waals surface area contributed by atoms with Crippen molar-refractivity contribution in [1.82, 2.24) is 4.90 Å². The van der Waals surface area contributed by atoms with Crippen LogP contribution >= 0.6 is 11.6 Å². The summed E-state index contributed by atoms with van der Waals surface area (Å²) in [5, 5.41) is 0. The quantitative estimate of drug-likeness (QED) is 0.750. The first-order chi connectivity index (χ1) is 7.56. The molecule has 1 amide bonds. The maximum absolute atomic E-state index is 11.8. The summed E-state index contributed by atoms with van der Waals surface area (Å²) in [6, 6.07) is -0.361. The van der Waals surface area contributed by atoms with E-state index in [2.05, 4.69) is 0 Å². The van der Waals surface area contributed by atoms with Gasteiger partial charge >= 0.3 is 0 Å². The molecule has 2 aliphatic rings. The molecule has 1 saturated carbocycles. The Morgan fingerprint density at radius 1 is 1.62 bits per heavy atom. The highest BCUT2D eigenvalue weighted by Crippen LogP contribution is 2.48. The summed E-state index contributed by atoms with van der Waals surface area (Å²) in [7, 11) is 0. The van der Waals surface area contributed by atoms with Gasteiger partial charge < -0.3 is 10.6 Å². The third-order valence-electron chi connectivity index (χ3n) is 4.16. The van der Waals surface area contributed by atoms with Gasteiger partial charge in [0.25, 0.3) is 0 Å². The van der Waals surface area contributed by atoms with Gasteiger partial charge in [0.15, 0.2) is 0 Å². The van der Waals surface area contributed by atoms with Crippen molar-refractivity contribution in [3.05, 3.63) is 0 Å². The molecule has 92 valence electrons. The number of rotatable bonds is 2. The van der Waals surface area contributed by atoms with Gasteiger partial charge in [-0.3, -0.25) is 4.79 Å². The molecule has 0 unspecified atom stereocenters. The zero-order valence-electron chi connectivity index (χ0n) is 9.92. The Hall–Kier alpha value is -0.280. The molecule has 1 saturated heterocycles. The van der Waals surface area contributed by atoms with Crippen LogP contribution in [0.15, 0.2) is 0 Å². The fraction of sp³-hybridized carbons (Fsp3) is 0.917. The van der Waals surface area contributed by atoms with Crippen LogP contribution in [0.1, 0.15) is 32.6 Å². The predicted molar refractivity (Wildman–Crippen MR) is 65.3 cm³/mol. The maximum Gasteiger partial charge on any atom is 0.239 e. The molecule has 0 aromatic rings. The van der Waals surface area contributed by atoms with Gasteiger partial charge in [0.05, 0.1) is 6.04 Å². The zero-order chi connectivity index (χ0) is 11.8. The zero-order valence-corrected chi connectivity index (χ0v) is 10.7. The fourth-order valence-electron chi connectivity index (χ4n) is 3.24. The lowest BCUT2D eigenvalue weighted by Gasteiger charge is -2.25. The topological polar surface area (TPSA) is 46.3 Å². The molecule has 0 aromatic heterocycles. The van der Waals surface area contributed by atoms with Crippen molar-refractivity contribution >= 4 is 17.5 Å². The maximum atomic E-state index is 11.8. The Morgan fingerprint density at radius 2 is 2.38 bits per heavy atom. The highest BCUT2D eigenvalue weighted by molar-refractivity contribution is 6.18. The van der Waals surface area contributed by atoms with Crippen LogP contribution in [-0.4, -0.2) is 35.8 Å². The summed E-state index contributed by atoms with van der Waals surface area (Å²) in [6.07, 6.45) is 4.79. The summed E-state index contributed by atoms with van der Waals surface area (Å²) < 4.78 is 0. The number of carbonyl (C=O) groups excluding carboxylic acids is 1. The monoisotopic (exact) mass is 244 g/mol.